The summed E-state index contributed by atoms with van der Waals surface area (Å²) in [5.41, 5.74) is 0. The molecule has 5 heteroatoms. The van der Waals surface area contributed by atoms with Gasteiger partial charge in [-0.15, -0.1) is 6.58 Å². The Labute approximate surface area is 60.7 Å². The van der Waals surface area contributed by atoms with Crippen LogP contribution in [-0.2, 0) is 10.1 Å². The molecular formula is C3H5LiO3S. The molecular weight excluding hydrogens is 123 g/mol. The molecule has 0 fully saturated rings. The zero-order valence-electron chi connectivity index (χ0n) is 4.62. The van der Waals surface area contributed by atoms with Crippen molar-refractivity contribution in [3.63, 3.8) is 0 Å². The van der Waals surface area contributed by atoms with Crippen LogP contribution in [0.5, 0.6) is 0 Å². The third-order valence-corrected chi connectivity index (χ3v) is 0.966. The largest absolute Gasteiger partial charge is 1.00 e. The van der Waals surface area contributed by atoms with E-state index in [0.29, 0.717) is 0 Å². The van der Waals surface area contributed by atoms with E-state index in [4.69, 9.17) is 0 Å². The molecule has 0 aliphatic carbocycles. The van der Waals surface area contributed by atoms with E-state index in [1.807, 2.05) is 0 Å². The van der Waals surface area contributed by atoms with Gasteiger partial charge in [0.2, 0.25) is 0 Å². The molecule has 0 N–H and O–H groups in total. The van der Waals surface area contributed by atoms with Gasteiger partial charge in [0, 0.05) is 0 Å². The van der Waals surface area contributed by atoms with Crippen molar-refractivity contribution in [2.24, 2.45) is 0 Å². The zero-order chi connectivity index (χ0) is 5.91. The average Bonchev–Trinajstić information content (AvgIpc) is 1.30. The van der Waals surface area contributed by atoms with Gasteiger partial charge in [-0.25, -0.2) is 8.42 Å². The summed E-state index contributed by atoms with van der Waals surface area (Å²) in [6.45, 7) is 3.07. The van der Waals surface area contributed by atoms with E-state index in [-0.39, 0.29) is 18.9 Å². The second-order valence-corrected chi connectivity index (χ2v) is 2.46. The Morgan fingerprint density at radius 1 is 1.62 bits per heavy atom. The van der Waals surface area contributed by atoms with Crippen molar-refractivity contribution in [3.8, 4) is 0 Å². The maximum absolute atomic E-state index is 9.60. The molecule has 3 nitrogen and oxygen atoms in total. The summed E-state index contributed by atoms with van der Waals surface area (Å²) in [7, 11) is -4.04. The predicted octanol–water partition coefficient (Wildman–Crippen LogP) is -3.28. The minimum Gasteiger partial charge on any atom is -0.748 e. The Bertz CT molecular complexity index is 148. The van der Waals surface area contributed by atoms with Gasteiger partial charge in [0.05, 0.1) is 15.9 Å². The summed E-state index contributed by atoms with van der Waals surface area (Å²) in [4.78, 5) is 0. The van der Waals surface area contributed by atoms with Gasteiger partial charge in [-0.3, -0.25) is 0 Å². The first-order valence-corrected chi connectivity index (χ1v) is 3.18. The molecule has 0 atom stereocenters. The van der Waals surface area contributed by atoms with Gasteiger partial charge in [-0.2, -0.15) is 0 Å². The first kappa shape index (κ1) is 11.1. The van der Waals surface area contributed by atoms with Crippen LogP contribution in [0.2, 0.25) is 0 Å². The van der Waals surface area contributed by atoms with Crippen LogP contribution in [0, 0.1) is 0 Å². The Hall–Kier alpha value is 0.247. The van der Waals surface area contributed by atoms with Crippen LogP contribution in [0.4, 0.5) is 0 Å². The molecule has 0 heterocycles. The van der Waals surface area contributed by atoms with Gasteiger partial charge >= 0.3 is 18.9 Å². The molecule has 0 amide bonds. The molecule has 0 saturated heterocycles. The SMILES string of the molecule is C=CCS(=O)(=O)[O-].[Li+]. The van der Waals surface area contributed by atoms with Crippen LogP contribution >= 0.6 is 0 Å². The van der Waals surface area contributed by atoms with E-state index >= 15 is 0 Å². The molecule has 0 bridgehead atoms. The standard InChI is InChI=1S/C3H6O3S.Li/c1-2-3-7(4,5)6;/h2H,1,3H2,(H,4,5,6);/q;+1/p-1. The topological polar surface area (TPSA) is 57.2 Å². The first-order valence-electron chi connectivity index (χ1n) is 1.61. The summed E-state index contributed by atoms with van der Waals surface area (Å²) < 4.78 is 28.8. The van der Waals surface area contributed by atoms with Crippen LogP contribution in [-0.4, -0.2) is 18.7 Å². The summed E-state index contributed by atoms with van der Waals surface area (Å²) in [5, 5.41) is 0. The van der Waals surface area contributed by atoms with Crippen LogP contribution in [0.25, 0.3) is 0 Å². The Morgan fingerprint density at radius 3 is 2.00 bits per heavy atom. The van der Waals surface area contributed by atoms with Crippen molar-refractivity contribution in [2.45, 2.75) is 0 Å². The number of rotatable bonds is 2. The number of hydrogen-bond donors (Lipinski definition) is 0. The maximum atomic E-state index is 9.60. The van der Waals surface area contributed by atoms with Gasteiger partial charge in [0.15, 0.2) is 0 Å². The van der Waals surface area contributed by atoms with E-state index < -0.39 is 15.9 Å². The molecule has 0 aromatic carbocycles. The second-order valence-electron chi connectivity index (χ2n) is 1.01. The molecule has 0 spiro atoms. The van der Waals surface area contributed by atoms with Gasteiger partial charge in [-0.05, 0) is 0 Å². The van der Waals surface area contributed by atoms with Crippen molar-refractivity contribution in [3.05, 3.63) is 12.7 Å². The van der Waals surface area contributed by atoms with Crippen molar-refractivity contribution in [1.82, 2.24) is 0 Å². The molecule has 42 valence electrons. The van der Waals surface area contributed by atoms with Crippen molar-refractivity contribution >= 4 is 10.1 Å². The quantitative estimate of drug-likeness (QED) is 0.222. The fourth-order valence-corrected chi connectivity index (χ4v) is 0.433. The molecule has 8 heavy (non-hydrogen) atoms. The molecule has 0 radical (unpaired) electrons. The van der Waals surface area contributed by atoms with Crippen LogP contribution in [0.3, 0.4) is 0 Å². The fraction of sp³-hybridized carbons (Fsp3) is 0.333. The molecule has 0 saturated carbocycles. The summed E-state index contributed by atoms with van der Waals surface area (Å²) in [5.74, 6) is -0.479. The Morgan fingerprint density at radius 2 is 2.00 bits per heavy atom. The van der Waals surface area contributed by atoms with Crippen LogP contribution in [0.1, 0.15) is 0 Å². The molecule has 0 aromatic heterocycles. The van der Waals surface area contributed by atoms with Gasteiger partial charge in [-0.1, -0.05) is 6.08 Å². The fourth-order valence-electron chi connectivity index (χ4n) is 0.144. The van der Waals surface area contributed by atoms with E-state index in [2.05, 4.69) is 6.58 Å². The molecule has 0 aromatic rings. The minimum absolute atomic E-state index is 0. The number of hydrogen-bond acceptors (Lipinski definition) is 3. The summed E-state index contributed by atoms with van der Waals surface area (Å²) in [6, 6.07) is 0. The van der Waals surface area contributed by atoms with E-state index in [0.717, 1.165) is 6.08 Å². The zero-order valence-corrected chi connectivity index (χ0v) is 5.44. The van der Waals surface area contributed by atoms with Crippen molar-refractivity contribution in [1.29, 1.82) is 0 Å². The third kappa shape index (κ3) is 9.54. The molecule has 0 rings (SSSR count). The van der Waals surface area contributed by atoms with Crippen LogP contribution in [0.15, 0.2) is 12.7 Å². The first-order chi connectivity index (χ1) is 3.06. The normalized spacial score (nSPS) is 9.62. The van der Waals surface area contributed by atoms with Crippen LogP contribution < -0.4 is 18.9 Å². The summed E-state index contributed by atoms with van der Waals surface area (Å²) >= 11 is 0. The smallest absolute Gasteiger partial charge is 0.748 e. The molecule has 0 aliphatic rings. The minimum atomic E-state index is -4.04. The van der Waals surface area contributed by atoms with Gasteiger partial charge < -0.3 is 4.55 Å². The predicted molar refractivity (Wildman–Crippen MR) is 24.8 cm³/mol. The average molecular weight is 128 g/mol. The Balaban J connectivity index is 0. The third-order valence-electron chi connectivity index (χ3n) is 0.322. The van der Waals surface area contributed by atoms with Gasteiger partial charge in [0.25, 0.3) is 0 Å². The van der Waals surface area contributed by atoms with Crippen molar-refractivity contribution in [2.75, 3.05) is 5.75 Å². The monoisotopic (exact) mass is 128 g/mol. The molecule has 0 aliphatic heterocycles. The van der Waals surface area contributed by atoms with Gasteiger partial charge in [0.1, 0.15) is 0 Å². The van der Waals surface area contributed by atoms with E-state index in [9.17, 15) is 13.0 Å². The van der Waals surface area contributed by atoms with Crippen molar-refractivity contribution < 1.29 is 31.8 Å². The Kier molecular flexibility index (Phi) is 5.77. The summed E-state index contributed by atoms with van der Waals surface area (Å²) in [6.07, 6.45) is 1.06. The molecule has 0 unspecified atom stereocenters. The van der Waals surface area contributed by atoms with E-state index in [1.165, 1.54) is 0 Å². The second kappa shape index (κ2) is 4.16. The van der Waals surface area contributed by atoms with E-state index in [1.54, 1.807) is 0 Å². The maximum Gasteiger partial charge on any atom is 1.00 e.